The number of hydrogen-bond donors (Lipinski definition) is 2. The van der Waals surface area contributed by atoms with Gasteiger partial charge in [-0.2, -0.15) is 0 Å². The van der Waals surface area contributed by atoms with Crippen LogP contribution in [-0.2, 0) is 11.2 Å². The van der Waals surface area contributed by atoms with Crippen LogP contribution in [0.4, 0.5) is 0 Å². The second-order valence-corrected chi connectivity index (χ2v) is 5.13. The van der Waals surface area contributed by atoms with Gasteiger partial charge in [-0.3, -0.25) is 4.99 Å². The lowest BCUT2D eigenvalue weighted by Gasteiger charge is -2.11. The Labute approximate surface area is 120 Å². The average Bonchev–Trinajstić information content (AvgIpc) is 3.14. The Balaban J connectivity index is 1.46. The fourth-order valence-corrected chi connectivity index (χ4v) is 1.90. The topological polar surface area (TPSA) is 58.8 Å². The van der Waals surface area contributed by atoms with E-state index in [-0.39, 0.29) is 0 Å². The number of nitrogens with zero attached hydrogens (tertiary/aromatic N) is 1. The van der Waals surface area contributed by atoms with Crippen LogP contribution in [-0.4, -0.2) is 39.3 Å². The molecule has 1 saturated carbocycles. The van der Waals surface area contributed by atoms with Gasteiger partial charge >= 0.3 is 0 Å². The second-order valence-electron chi connectivity index (χ2n) is 5.13. The maximum absolute atomic E-state index is 5.59. The first kappa shape index (κ1) is 14.9. The van der Waals surface area contributed by atoms with Crippen LogP contribution >= 0.6 is 0 Å². The SMILES string of the molecule is CN=C(NCCCOCC1CC1)NCCc1ccco1. The van der Waals surface area contributed by atoms with Gasteiger partial charge in [0.15, 0.2) is 5.96 Å². The molecular formula is C15H25N3O2. The minimum atomic E-state index is 0.811. The highest BCUT2D eigenvalue weighted by Crippen LogP contribution is 2.28. The van der Waals surface area contributed by atoms with Crippen LogP contribution < -0.4 is 10.6 Å². The number of guanidine groups is 1. The van der Waals surface area contributed by atoms with Crippen LogP contribution in [0.15, 0.2) is 27.8 Å². The van der Waals surface area contributed by atoms with Gasteiger partial charge in [0.1, 0.15) is 5.76 Å². The van der Waals surface area contributed by atoms with Gasteiger partial charge in [-0.15, -0.1) is 0 Å². The summed E-state index contributed by atoms with van der Waals surface area (Å²) in [6, 6.07) is 3.89. The van der Waals surface area contributed by atoms with E-state index < -0.39 is 0 Å². The zero-order valence-corrected chi connectivity index (χ0v) is 12.2. The first-order chi connectivity index (χ1) is 9.88. The molecule has 0 amide bonds. The average molecular weight is 279 g/mol. The number of aliphatic imine (C=N–C) groups is 1. The molecule has 1 fully saturated rings. The minimum Gasteiger partial charge on any atom is -0.469 e. The van der Waals surface area contributed by atoms with Crippen LogP contribution in [0, 0.1) is 5.92 Å². The summed E-state index contributed by atoms with van der Waals surface area (Å²) in [7, 11) is 1.78. The summed E-state index contributed by atoms with van der Waals surface area (Å²) >= 11 is 0. The zero-order valence-electron chi connectivity index (χ0n) is 12.2. The molecule has 1 aliphatic carbocycles. The standard InChI is InChI=1S/C15H25N3O2/c1-16-15(18-9-7-14-4-2-11-20-14)17-8-3-10-19-12-13-5-6-13/h2,4,11,13H,3,5-10,12H2,1H3,(H2,16,17,18). The maximum Gasteiger partial charge on any atom is 0.190 e. The molecule has 1 aromatic heterocycles. The number of hydrogen-bond acceptors (Lipinski definition) is 3. The van der Waals surface area contributed by atoms with E-state index in [9.17, 15) is 0 Å². The maximum atomic E-state index is 5.59. The van der Waals surface area contributed by atoms with E-state index in [0.717, 1.165) is 56.8 Å². The van der Waals surface area contributed by atoms with E-state index in [1.807, 2.05) is 12.1 Å². The van der Waals surface area contributed by atoms with Crippen molar-refractivity contribution in [3.05, 3.63) is 24.2 Å². The van der Waals surface area contributed by atoms with Crippen molar-refractivity contribution >= 4 is 5.96 Å². The molecule has 0 aromatic carbocycles. The molecule has 2 N–H and O–H groups in total. The Kier molecular flexibility index (Phi) is 6.44. The Bertz CT molecular complexity index is 386. The molecule has 0 aliphatic heterocycles. The first-order valence-corrected chi connectivity index (χ1v) is 7.43. The lowest BCUT2D eigenvalue weighted by molar-refractivity contribution is 0.123. The molecule has 2 rings (SSSR count). The summed E-state index contributed by atoms with van der Waals surface area (Å²) < 4.78 is 10.9. The highest BCUT2D eigenvalue weighted by Gasteiger charge is 2.20. The second kappa shape index (κ2) is 8.64. The van der Waals surface area contributed by atoms with Gasteiger partial charge in [0.25, 0.3) is 0 Å². The Hall–Kier alpha value is -1.49. The first-order valence-electron chi connectivity index (χ1n) is 7.43. The van der Waals surface area contributed by atoms with Crippen molar-refractivity contribution in [2.75, 3.05) is 33.4 Å². The third-order valence-corrected chi connectivity index (χ3v) is 3.28. The molecule has 112 valence electrons. The predicted octanol–water partition coefficient (Wildman–Crippen LogP) is 1.80. The summed E-state index contributed by atoms with van der Waals surface area (Å²) in [5, 5.41) is 6.55. The van der Waals surface area contributed by atoms with Crippen LogP contribution in [0.1, 0.15) is 25.0 Å². The van der Waals surface area contributed by atoms with Crippen molar-refractivity contribution < 1.29 is 9.15 Å². The lowest BCUT2D eigenvalue weighted by Crippen LogP contribution is -2.39. The highest BCUT2D eigenvalue weighted by atomic mass is 16.5. The van der Waals surface area contributed by atoms with E-state index >= 15 is 0 Å². The number of nitrogens with one attached hydrogen (secondary N) is 2. The summed E-state index contributed by atoms with van der Waals surface area (Å²) in [6.07, 6.45) is 6.27. The van der Waals surface area contributed by atoms with E-state index in [0.29, 0.717) is 0 Å². The van der Waals surface area contributed by atoms with E-state index in [1.54, 1.807) is 13.3 Å². The molecule has 0 unspecified atom stereocenters. The summed E-state index contributed by atoms with van der Waals surface area (Å²) in [5.74, 6) is 2.67. The van der Waals surface area contributed by atoms with Crippen molar-refractivity contribution in [1.29, 1.82) is 0 Å². The van der Waals surface area contributed by atoms with Gasteiger partial charge in [-0.05, 0) is 37.3 Å². The van der Waals surface area contributed by atoms with Crippen LogP contribution in [0.5, 0.6) is 0 Å². The molecule has 1 heterocycles. The fourth-order valence-electron chi connectivity index (χ4n) is 1.90. The zero-order chi connectivity index (χ0) is 14.0. The van der Waals surface area contributed by atoms with Crippen molar-refractivity contribution in [3.63, 3.8) is 0 Å². The van der Waals surface area contributed by atoms with E-state index in [4.69, 9.17) is 9.15 Å². The molecule has 1 aliphatic rings. The highest BCUT2D eigenvalue weighted by molar-refractivity contribution is 5.79. The van der Waals surface area contributed by atoms with Crippen LogP contribution in [0.3, 0.4) is 0 Å². The normalized spacial score (nSPS) is 15.3. The fraction of sp³-hybridized carbons (Fsp3) is 0.667. The third-order valence-electron chi connectivity index (χ3n) is 3.28. The Morgan fingerprint density at radius 2 is 2.25 bits per heavy atom. The molecule has 5 nitrogen and oxygen atoms in total. The monoisotopic (exact) mass is 279 g/mol. The summed E-state index contributed by atoms with van der Waals surface area (Å²) in [5.41, 5.74) is 0. The third kappa shape index (κ3) is 6.10. The van der Waals surface area contributed by atoms with E-state index in [1.165, 1.54) is 12.8 Å². The summed E-state index contributed by atoms with van der Waals surface area (Å²) in [4.78, 5) is 4.19. The molecule has 0 atom stereocenters. The quantitative estimate of drug-likeness (QED) is 0.411. The van der Waals surface area contributed by atoms with Crippen LogP contribution in [0.2, 0.25) is 0 Å². The number of rotatable bonds is 9. The molecular weight excluding hydrogens is 254 g/mol. The molecule has 0 radical (unpaired) electrons. The molecule has 5 heteroatoms. The number of ether oxygens (including phenoxy) is 1. The molecule has 0 bridgehead atoms. The van der Waals surface area contributed by atoms with Crippen LogP contribution in [0.25, 0.3) is 0 Å². The Morgan fingerprint density at radius 1 is 1.40 bits per heavy atom. The van der Waals surface area contributed by atoms with Crippen molar-refractivity contribution in [2.24, 2.45) is 10.9 Å². The summed E-state index contributed by atoms with van der Waals surface area (Å²) in [6.45, 7) is 3.46. The van der Waals surface area contributed by atoms with Gasteiger partial charge in [-0.1, -0.05) is 0 Å². The molecule has 0 saturated heterocycles. The van der Waals surface area contributed by atoms with Gasteiger partial charge < -0.3 is 19.8 Å². The molecule has 1 aromatic rings. The van der Waals surface area contributed by atoms with Gasteiger partial charge in [0, 0.05) is 39.8 Å². The Morgan fingerprint density at radius 3 is 2.95 bits per heavy atom. The lowest BCUT2D eigenvalue weighted by atomic mass is 10.3. The van der Waals surface area contributed by atoms with Gasteiger partial charge in [0.2, 0.25) is 0 Å². The number of furan rings is 1. The van der Waals surface area contributed by atoms with Gasteiger partial charge in [-0.25, -0.2) is 0 Å². The largest absolute Gasteiger partial charge is 0.469 e. The van der Waals surface area contributed by atoms with Gasteiger partial charge in [0.05, 0.1) is 6.26 Å². The predicted molar refractivity (Wildman–Crippen MR) is 79.9 cm³/mol. The smallest absolute Gasteiger partial charge is 0.190 e. The molecule has 0 spiro atoms. The van der Waals surface area contributed by atoms with Crippen molar-refractivity contribution in [3.8, 4) is 0 Å². The minimum absolute atomic E-state index is 0.811. The van der Waals surface area contributed by atoms with Crippen molar-refractivity contribution in [2.45, 2.75) is 25.7 Å². The van der Waals surface area contributed by atoms with E-state index in [2.05, 4.69) is 15.6 Å². The van der Waals surface area contributed by atoms with Crippen molar-refractivity contribution in [1.82, 2.24) is 10.6 Å². The molecule has 20 heavy (non-hydrogen) atoms.